The SMILES string of the molecule is O=c1[nH]cnc(N(CC2CCCCN2)C2CC2)c1Br. The zero-order valence-corrected chi connectivity index (χ0v) is 12.4. The molecule has 2 fully saturated rings. The van der Waals surface area contributed by atoms with E-state index in [1.54, 1.807) is 0 Å². The van der Waals surface area contributed by atoms with Crippen molar-refractivity contribution in [3.05, 3.63) is 21.2 Å². The number of piperidine rings is 1. The molecule has 0 amide bonds. The van der Waals surface area contributed by atoms with Crippen molar-refractivity contribution in [1.29, 1.82) is 0 Å². The molecule has 3 rings (SSSR count). The lowest BCUT2D eigenvalue weighted by atomic mass is 10.0. The zero-order chi connectivity index (χ0) is 13.2. The van der Waals surface area contributed by atoms with Crippen LogP contribution in [0.2, 0.25) is 0 Å². The van der Waals surface area contributed by atoms with Gasteiger partial charge in [0.1, 0.15) is 4.47 Å². The minimum Gasteiger partial charge on any atom is -0.351 e. The fourth-order valence-corrected chi connectivity index (χ4v) is 3.13. The topological polar surface area (TPSA) is 61.0 Å². The fraction of sp³-hybridized carbons (Fsp3) is 0.692. The van der Waals surface area contributed by atoms with Gasteiger partial charge in [0, 0.05) is 18.6 Å². The van der Waals surface area contributed by atoms with Gasteiger partial charge in [-0.1, -0.05) is 6.42 Å². The van der Waals surface area contributed by atoms with Gasteiger partial charge < -0.3 is 15.2 Å². The second-order valence-corrected chi connectivity index (χ2v) is 6.19. The van der Waals surface area contributed by atoms with Crippen molar-refractivity contribution < 1.29 is 0 Å². The molecule has 5 nitrogen and oxygen atoms in total. The van der Waals surface area contributed by atoms with Crippen molar-refractivity contribution in [1.82, 2.24) is 15.3 Å². The van der Waals surface area contributed by atoms with Crippen LogP contribution >= 0.6 is 15.9 Å². The molecule has 19 heavy (non-hydrogen) atoms. The lowest BCUT2D eigenvalue weighted by Crippen LogP contribution is -2.45. The van der Waals surface area contributed by atoms with Crippen LogP contribution in [0.5, 0.6) is 0 Å². The van der Waals surface area contributed by atoms with E-state index in [2.05, 4.69) is 36.1 Å². The van der Waals surface area contributed by atoms with Crippen molar-refractivity contribution in [2.75, 3.05) is 18.0 Å². The number of aromatic nitrogens is 2. The van der Waals surface area contributed by atoms with Gasteiger partial charge in [0.15, 0.2) is 5.82 Å². The Morgan fingerprint density at radius 2 is 2.21 bits per heavy atom. The van der Waals surface area contributed by atoms with Gasteiger partial charge in [-0.25, -0.2) is 4.98 Å². The summed E-state index contributed by atoms with van der Waals surface area (Å²) < 4.78 is 0.553. The highest BCUT2D eigenvalue weighted by atomic mass is 79.9. The number of anilines is 1. The van der Waals surface area contributed by atoms with E-state index in [1.807, 2.05) is 0 Å². The molecule has 2 aliphatic rings. The lowest BCUT2D eigenvalue weighted by molar-refractivity contribution is 0.397. The van der Waals surface area contributed by atoms with Crippen LogP contribution in [0, 0.1) is 0 Å². The summed E-state index contributed by atoms with van der Waals surface area (Å²) >= 11 is 3.37. The maximum absolute atomic E-state index is 11.7. The highest BCUT2D eigenvalue weighted by molar-refractivity contribution is 9.10. The predicted molar refractivity (Wildman–Crippen MR) is 78.6 cm³/mol. The first-order valence-corrected chi connectivity index (χ1v) is 7.78. The van der Waals surface area contributed by atoms with Gasteiger partial charge in [0.05, 0.1) is 6.33 Å². The Hall–Kier alpha value is -0.880. The van der Waals surface area contributed by atoms with Crippen molar-refractivity contribution >= 4 is 21.7 Å². The molecule has 1 atom stereocenters. The van der Waals surface area contributed by atoms with Crippen LogP contribution in [-0.2, 0) is 0 Å². The quantitative estimate of drug-likeness (QED) is 0.883. The van der Waals surface area contributed by atoms with E-state index >= 15 is 0 Å². The monoisotopic (exact) mass is 326 g/mol. The molecule has 1 aliphatic heterocycles. The van der Waals surface area contributed by atoms with Gasteiger partial charge in [-0.2, -0.15) is 0 Å². The van der Waals surface area contributed by atoms with Gasteiger partial charge in [-0.05, 0) is 48.2 Å². The number of hydrogen-bond acceptors (Lipinski definition) is 4. The first-order chi connectivity index (χ1) is 9.25. The molecular weight excluding hydrogens is 308 g/mol. The number of rotatable bonds is 4. The standard InChI is InChI=1S/C13H19BrN4O/c14-11-12(16-8-17-13(11)19)18(10-4-5-10)7-9-3-1-2-6-15-9/h8-10,15H,1-7H2,(H,16,17,19). The molecule has 1 aromatic rings. The second kappa shape index (κ2) is 5.63. The predicted octanol–water partition coefficient (Wildman–Crippen LogP) is 1.64. The highest BCUT2D eigenvalue weighted by Gasteiger charge is 2.33. The number of H-pyrrole nitrogens is 1. The third-order valence-electron chi connectivity index (χ3n) is 3.87. The average Bonchev–Trinajstić information content (AvgIpc) is 3.25. The van der Waals surface area contributed by atoms with Crippen LogP contribution in [0.3, 0.4) is 0 Å². The van der Waals surface area contributed by atoms with E-state index in [0.717, 1.165) is 18.9 Å². The van der Waals surface area contributed by atoms with Gasteiger partial charge in [-0.3, -0.25) is 4.79 Å². The molecule has 0 spiro atoms. The molecule has 1 unspecified atom stereocenters. The molecule has 1 aliphatic carbocycles. The van der Waals surface area contributed by atoms with E-state index in [1.165, 1.54) is 38.4 Å². The lowest BCUT2D eigenvalue weighted by Gasteiger charge is -2.31. The Morgan fingerprint density at radius 1 is 1.37 bits per heavy atom. The van der Waals surface area contributed by atoms with E-state index in [9.17, 15) is 4.79 Å². The number of hydrogen-bond donors (Lipinski definition) is 2. The Labute approximate surface area is 120 Å². The summed E-state index contributed by atoms with van der Waals surface area (Å²) in [5, 5.41) is 3.57. The summed E-state index contributed by atoms with van der Waals surface area (Å²) in [4.78, 5) is 21.0. The summed E-state index contributed by atoms with van der Waals surface area (Å²) in [6.45, 7) is 2.05. The maximum Gasteiger partial charge on any atom is 0.267 e. The third-order valence-corrected chi connectivity index (χ3v) is 4.58. The van der Waals surface area contributed by atoms with Crippen molar-refractivity contribution in [3.8, 4) is 0 Å². The van der Waals surface area contributed by atoms with Crippen LogP contribution in [0.25, 0.3) is 0 Å². The van der Waals surface area contributed by atoms with Gasteiger partial charge in [-0.15, -0.1) is 0 Å². The normalized spacial score (nSPS) is 23.3. The van der Waals surface area contributed by atoms with Gasteiger partial charge in [0.25, 0.3) is 5.56 Å². The summed E-state index contributed by atoms with van der Waals surface area (Å²) in [6.07, 6.45) is 7.67. The zero-order valence-electron chi connectivity index (χ0n) is 10.9. The number of halogens is 1. The van der Waals surface area contributed by atoms with Crippen LogP contribution in [0.4, 0.5) is 5.82 Å². The molecule has 1 saturated carbocycles. The molecule has 104 valence electrons. The Morgan fingerprint density at radius 3 is 2.89 bits per heavy atom. The van der Waals surface area contributed by atoms with Gasteiger partial charge >= 0.3 is 0 Å². The van der Waals surface area contributed by atoms with E-state index in [0.29, 0.717) is 16.6 Å². The van der Waals surface area contributed by atoms with Crippen LogP contribution in [0.15, 0.2) is 15.6 Å². The molecule has 1 saturated heterocycles. The first-order valence-electron chi connectivity index (χ1n) is 6.99. The van der Waals surface area contributed by atoms with E-state index in [4.69, 9.17) is 0 Å². The summed E-state index contributed by atoms with van der Waals surface area (Å²) in [7, 11) is 0. The molecule has 1 aromatic heterocycles. The molecular formula is C13H19BrN4O. The fourth-order valence-electron chi connectivity index (χ4n) is 2.69. The molecule has 0 aromatic carbocycles. The van der Waals surface area contributed by atoms with E-state index in [-0.39, 0.29) is 5.56 Å². The summed E-state index contributed by atoms with van der Waals surface area (Å²) in [6, 6.07) is 1.07. The minimum atomic E-state index is -0.104. The first kappa shape index (κ1) is 13.1. The Bertz CT molecular complexity index is 494. The molecule has 0 radical (unpaired) electrons. The molecule has 0 bridgehead atoms. The van der Waals surface area contributed by atoms with Gasteiger partial charge in [0.2, 0.25) is 0 Å². The Balaban J connectivity index is 1.80. The third kappa shape index (κ3) is 3.00. The average molecular weight is 327 g/mol. The van der Waals surface area contributed by atoms with Crippen molar-refractivity contribution in [2.24, 2.45) is 0 Å². The minimum absolute atomic E-state index is 0.104. The Kier molecular flexibility index (Phi) is 3.88. The van der Waals surface area contributed by atoms with Crippen LogP contribution < -0.4 is 15.8 Å². The number of aromatic amines is 1. The van der Waals surface area contributed by atoms with Crippen molar-refractivity contribution in [2.45, 2.75) is 44.2 Å². The molecule has 6 heteroatoms. The van der Waals surface area contributed by atoms with E-state index < -0.39 is 0 Å². The smallest absolute Gasteiger partial charge is 0.267 e. The molecule has 2 N–H and O–H groups in total. The number of nitrogens with one attached hydrogen (secondary N) is 2. The summed E-state index contributed by atoms with van der Waals surface area (Å²) in [5.74, 6) is 0.790. The largest absolute Gasteiger partial charge is 0.351 e. The second-order valence-electron chi connectivity index (χ2n) is 5.40. The number of nitrogens with zero attached hydrogens (tertiary/aromatic N) is 2. The highest BCUT2D eigenvalue weighted by Crippen LogP contribution is 2.33. The summed E-state index contributed by atoms with van der Waals surface area (Å²) in [5.41, 5.74) is -0.104. The van der Waals surface area contributed by atoms with Crippen LogP contribution in [-0.4, -0.2) is 35.1 Å². The maximum atomic E-state index is 11.7. The molecule has 2 heterocycles. The van der Waals surface area contributed by atoms with Crippen molar-refractivity contribution in [3.63, 3.8) is 0 Å². The van der Waals surface area contributed by atoms with Crippen LogP contribution in [0.1, 0.15) is 32.1 Å².